The van der Waals surface area contributed by atoms with Crippen LogP contribution in [0.2, 0.25) is 0 Å². The van der Waals surface area contributed by atoms with Gasteiger partial charge in [0.25, 0.3) is 0 Å². The summed E-state index contributed by atoms with van der Waals surface area (Å²) in [4.78, 5) is 2.44. The van der Waals surface area contributed by atoms with Crippen molar-refractivity contribution in [3.63, 3.8) is 0 Å². The molecule has 0 saturated carbocycles. The van der Waals surface area contributed by atoms with Gasteiger partial charge in [-0.2, -0.15) is 0 Å². The first-order chi connectivity index (χ1) is 26.1. The summed E-state index contributed by atoms with van der Waals surface area (Å²) in [6.07, 6.45) is 0. The summed E-state index contributed by atoms with van der Waals surface area (Å²) in [6, 6.07) is 67.0. The molecule has 0 bridgehead atoms. The van der Waals surface area contributed by atoms with E-state index in [0.29, 0.717) is 0 Å². The summed E-state index contributed by atoms with van der Waals surface area (Å²) in [7, 11) is 0. The van der Waals surface area contributed by atoms with E-state index in [4.69, 9.17) is 0 Å². The van der Waals surface area contributed by atoms with Crippen molar-refractivity contribution in [2.24, 2.45) is 0 Å². The molecule has 1 aromatic heterocycles. The van der Waals surface area contributed by atoms with E-state index in [0.717, 1.165) is 22.7 Å². The highest BCUT2D eigenvalue weighted by Gasteiger charge is 2.37. The first kappa shape index (κ1) is 30.0. The Bertz CT molecular complexity index is 3080. The van der Waals surface area contributed by atoms with Crippen molar-refractivity contribution < 1.29 is 0 Å². The zero-order valence-corrected chi connectivity index (χ0v) is 29.7. The number of hydrogen-bond acceptors (Lipinski definition) is 1. The number of para-hydroxylation sites is 4. The average molecular weight is 677 g/mol. The van der Waals surface area contributed by atoms with Gasteiger partial charge in [0.2, 0.25) is 0 Å². The standard InChI is InChI=1S/C51H36N2/c1-51(2)44-21-11-9-18-40(44)42-30-28-34-25-24-33-26-27-35-32-38(29-31-39(35)47(33)48(34)49(42)51)52(36-14-5-3-6-15-36)46-23-13-20-43-41-19-10-12-22-45(41)53(50(43)46)37-16-7-4-8-17-37/h3-32H,1-2H3. The van der Waals surface area contributed by atoms with Gasteiger partial charge >= 0.3 is 0 Å². The Kier molecular flexibility index (Phi) is 6.33. The van der Waals surface area contributed by atoms with Crippen LogP contribution in [0.15, 0.2) is 182 Å². The van der Waals surface area contributed by atoms with E-state index in [1.807, 2.05) is 0 Å². The van der Waals surface area contributed by atoms with Crippen molar-refractivity contribution in [3.05, 3.63) is 193 Å². The monoisotopic (exact) mass is 676 g/mol. The third-order valence-electron chi connectivity index (χ3n) is 11.7. The number of rotatable bonds is 4. The molecule has 2 nitrogen and oxygen atoms in total. The Morgan fingerprint density at radius 2 is 1.11 bits per heavy atom. The van der Waals surface area contributed by atoms with Crippen molar-refractivity contribution in [2.75, 3.05) is 4.90 Å². The van der Waals surface area contributed by atoms with Crippen LogP contribution in [0.4, 0.5) is 17.1 Å². The van der Waals surface area contributed by atoms with Crippen LogP contribution in [-0.4, -0.2) is 4.57 Å². The molecular weight excluding hydrogens is 641 g/mol. The van der Waals surface area contributed by atoms with E-state index >= 15 is 0 Å². The minimum Gasteiger partial charge on any atom is -0.308 e. The second-order valence-corrected chi connectivity index (χ2v) is 14.9. The number of anilines is 3. The Morgan fingerprint density at radius 3 is 1.94 bits per heavy atom. The topological polar surface area (TPSA) is 8.17 Å². The molecule has 250 valence electrons. The number of fused-ring (bicyclic) bond motifs is 12. The lowest BCUT2D eigenvalue weighted by atomic mass is 9.79. The lowest BCUT2D eigenvalue weighted by Gasteiger charge is -2.27. The molecule has 1 aliphatic carbocycles. The second-order valence-electron chi connectivity index (χ2n) is 14.9. The quantitative estimate of drug-likeness (QED) is 0.168. The van der Waals surface area contributed by atoms with Gasteiger partial charge in [0, 0.05) is 33.2 Å². The third kappa shape index (κ3) is 4.27. The smallest absolute Gasteiger partial charge is 0.0782 e. The SMILES string of the molecule is CC1(C)c2ccccc2-c2ccc3ccc4ccc5cc(N(c6ccccc6)c6cccc7c8ccccc8n(-c8ccccc8)c67)ccc5c4c3c21. The maximum atomic E-state index is 2.44. The number of aromatic nitrogens is 1. The van der Waals surface area contributed by atoms with Gasteiger partial charge in [0.05, 0.1) is 16.7 Å². The molecule has 0 atom stereocenters. The highest BCUT2D eigenvalue weighted by Crippen LogP contribution is 2.53. The van der Waals surface area contributed by atoms with Crippen molar-refractivity contribution in [1.82, 2.24) is 4.57 Å². The molecule has 0 N–H and O–H groups in total. The highest BCUT2D eigenvalue weighted by atomic mass is 15.2. The molecule has 53 heavy (non-hydrogen) atoms. The predicted molar refractivity (Wildman–Crippen MR) is 226 cm³/mol. The second kappa shape index (κ2) is 11.2. The van der Waals surface area contributed by atoms with E-state index in [-0.39, 0.29) is 5.41 Å². The molecule has 0 saturated heterocycles. The summed E-state index contributed by atoms with van der Waals surface area (Å²) in [6.45, 7) is 4.79. The van der Waals surface area contributed by atoms with Gasteiger partial charge in [-0.25, -0.2) is 0 Å². The van der Waals surface area contributed by atoms with Crippen molar-refractivity contribution >= 4 is 71.2 Å². The Hall–Kier alpha value is -6.64. The van der Waals surface area contributed by atoms with Gasteiger partial charge in [-0.3, -0.25) is 0 Å². The van der Waals surface area contributed by atoms with Crippen LogP contribution in [0.3, 0.4) is 0 Å². The largest absolute Gasteiger partial charge is 0.308 e. The molecule has 0 amide bonds. The van der Waals surface area contributed by atoms with E-state index in [2.05, 4.69) is 205 Å². The summed E-state index contributed by atoms with van der Waals surface area (Å²) in [5.74, 6) is 0. The van der Waals surface area contributed by atoms with E-state index in [1.165, 1.54) is 76.4 Å². The van der Waals surface area contributed by atoms with Gasteiger partial charge in [-0.05, 0) is 103 Å². The lowest BCUT2D eigenvalue weighted by molar-refractivity contribution is 0.666. The van der Waals surface area contributed by atoms with Crippen LogP contribution in [-0.2, 0) is 5.41 Å². The predicted octanol–water partition coefficient (Wildman–Crippen LogP) is 14.0. The van der Waals surface area contributed by atoms with Gasteiger partial charge in [0.1, 0.15) is 0 Å². The number of nitrogens with zero attached hydrogens (tertiary/aromatic N) is 2. The maximum Gasteiger partial charge on any atom is 0.0782 e. The molecule has 10 aromatic rings. The maximum absolute atomic E-state index is 2.44. The fourth-order valence-electron chi connectivity index (χ4n) is 9.40. The first-order valence-corrected chi connectivity index (χ1v) is 18.5. The average Bonchev–Trinajstić information content (AvgIpc) is 3.67. The number of hydrogen-bond donors (Lipinski definition) is 0. The fraction of sp³-hybridized carbons (Fsp3) is 0.0588. The Balaban J connectivity index is 1.19. The molecule has 11 rings (SSSR count). The van der Waals surface area contributed by atoms with Crippen molar-refractivity contribution in [2.45, 2.75) is 19.3 Å². The third-order valence-corrected chi connectivity index (χ3v) is 11.7. The van der Waals surface area contributed by atoms with Crippen LogP contribution in [0.5, 0.6) is 0 Å². The van der Waals surface area contributed by atoms with Gasteiger partial charge in [0.15, 0.2) is 0 Å². The minimum absolute atomic E-state index is 0.109. The summed E-state index contributed by atoms with van der Waals surface area (Å²) in [5, 5.41) is 10.3. The van der Waals surface area contributed by atoms with Crippen LogP contribution in [0, 0.1) is 0 Å². The van der Waals surface area contributed by atoms with E-state index < -0.39 is 0 Å². The van der Waals surface area contributed by atoms with Crippen LogP contribution in [0.1, 0.15) is 25.0 Å². The van der Waals surface area contributed by atoms with Gasteiger partial charge in [-0.15, -0.1) is 0 Å². The summed E-state index contributed by atoms with van der Waals surface area (Å²) < 4.78 is 2.43. The summed E-state index contributed by atoms with van der Waals surface area (Å²) >= 11 is 0. The zero-order valence-electron chi connectivity index (χ0n) is 29.7. The van der Waals surface area contributed by atoms with Gasteiger partial charge < -0.3 is 9.47 Å². The van der Waals surface area contributed by atoms with Crippen LogP contribution < -0.4 is 4.90 Å². The Morgan fingerprint density at radius 1 is 0.453 bits per heavy atom. The minimum atomic E-state index is -0.109. The highest BCUT2D eigenvalue weighted by molar-refractivity contribution is 6.23. The first-order valence-electron chi connectivity index (χ1n) is 18.5. The molecule has 0 aliphatic heterocycles. The van der Waals surface area contributed by atoms with Crippen molar-refractivity contribution in [1.29, 1.82) is 0 Å². The molecule has 9 aromatic carbocycles. The molecule has 2 heteroatoms. The molecule has 0 fully saturated rings. The zero-order chi connectivity index (χ0) is 35.3. The summed E-state index contributed by atoms with van der Waals surface area (Å²) in [5.41, 5.74) is 12.4. The Labute approximate surface area is 308 Å². The van der Waals surface area contributed by atoms with Crippen LogP contribution >= 0.6 is 0 Å². The van der Waals surface area contributed by atoms with Gasteiger partial charge in [-0.1, -0.05) is 147 Å². The van der Waals surface area contributed by atoms with Crippen molar-refractivity contribution in [3.8, 4) is 16.8 Å². The molecule has 1 heterocycles. The fourth-order valence-corrected chi connectivity index (χ4v) is 9.40. The lowest BCUT2D eigenvalue weighted by Crippen LogP contribution is -2.15. The molecular formula is C51H36N2. The normalized spacial score (nSPS) is 13.2. The number of benzene rings is 9. The molecule has 0 spiro atoms. The molecule has 0 unspecified atom stereocenters. The van der Waals surface area contributed by atoms with E-state index in [1.54, 1.807) is 0 Å². The van der Waals surface area contributed by atoms with Crippen LogP contribution in [0.25, 0.3) is 70.9 Å². The van der Waals surface area contributed by atoms with E-state index in [9.17, 15) is 0 Å². The molecule has 1 aliphatic rings. The molecule has 0 radical (unpaired) electrons.